The highest BCUT2D eigenvalue weighted by Crippen LogP contribution is 2.25. The molecule has 0 bridgehead atoms. The summed E-state index contributed by atoms with van der Waals surface area (Å²) in [5.41, 5.74) is 1.82. The summed E-state index contributed by atoms with van der Waals surface area (Å²) in [6, 6.07) is 12.1. The van der Waals surface area contributed by atoms with E-state index in [9.17, 15) is 9.59 Å². The Kier molecular flexibility index (Phi) is 10.5. The summed E-state index contributed by atoms with van der Waals surface area (Å²) in [6.45, 7) is 6.03. The highest BCUT2D eigenvalue weighted by molar-refractivity contribution is 7.99. The topological polar surface area (TPSA) is 49.4 Å². The number of amides is 2. The molecule has 0 saturated carbocycles. The van der Waals surface area contributed by atoms with E-state index in [1.807, 2.05) is 32.0 Å². The number of halogens is 3. The molecule has 0 heterocycles. The van der Waals surface area contributed by atoms with Crippen molar-refractivity contribution in [2.24, 2.45) is 0 Å². The van der Waals surface area contributed by atoms with Crippen molar-refractivity contribution < 1.29 is 9.59 Å². The standard InChI is InChI=1S/C23H27Cl3N2O2S/c1-4-15(2)27-23(30)16(3)28(12-17-5-8-19(24)9-6-17)22(29)14-31-13-18-7-10-20(25)11-21(18)26/h5-11,15-16H,4,12-14H2,1-3H3,(H,27,30)/t15-,16+/m1/s1. The predicted octanol–water partition coefficient (Wildman–Crippen LogP) is 6.21. The van der Waals surface area contributed by atoms with E-state index in [2.05, 4.69) is 5.32 Å². The summed E-state index contributed by atoms with van der Waals surface area (Å²) < 4.78 is 0. The highest BCUT2D eigenvalue weighted by atomic mass is 35.5. The molecule has 2 amide bonds. The third-order valence-corrected chi connectivity index (χ3v) is 6.74. The summed E-state index contributed by atoms with van der Waals surface area (Å²) in [5.74, 6) is 0.525. The molecule has 0 aliphatic rings. The van der Waals surface area contributed by atoms with Crippen molar-refractivity contribution in [3.8, 4) is 0 Å². The van der Waals surface area contributed by atoms with E-state index in [-0.39, 0.29) is 23.6 Å². The van der Waals surface area contributed by atoms with Crippen molar-refractivity contribution in [1.82, 2.24) is 10.2 Å². The first-order chi connectivity index (χ1) is 14.7. The molecule has 1 N–H and O–H groups in total. The number of nitrogens with one attached hydrogen (secondary N) is 1. The van der Waals surface area contributed by atoms with Gasteiger partial charge in [-0.3, -0.25) is 9.59 Å². The maximum absolute atomic E-state index is 13.1. The molecule has 0 radical (unpaired) electrons. The first kappa shape index (κ1) is 25.9. The molecular formula is C23H27Cl3N2O2S. The lowest BCUT2D eigenvalue weighted by Gasteiger charge is -2.29. The maximum atomic E-state index is 13.1. The first-order valence-corrected chi connectivity index (χ1v) is 12.4. The van der Waals surface area contributed by atoms with Crippen molar-refractivity contribution in [1.29, 1.82) is 0 Å². The van der Waals surface area contributed by atoms with Gasteiger partial charge < -0.3 is 10.2 Å². The normalized spacial score (nSPS) is 12.8. The van der Waals surface area contributed by atoms with E-state index >= 15 is 0 Å². The molecule has 0 unspecified atom stereocenters. The summed E-state index contributed by atoms with van der Waals surface area (Å²) in [7, 11) is 0. The quantitative estimate of drug-likeness (QED) is 0.421. The Bertz CT molecular complexity index is 893. The largest absolute Gasteiger partial charge is 0.352 e. The fourth-order valence-corrected chi connectivity index (χ4v) is 4.40. The number of hydrogen-bond donors (Lipinski definition) is 1. The molecule has 31 heavy (non-hydrogen) atoms. The van der Waals surface area contributed by atoms with Crippen LogP contribution in [0.5, 0.6) is 0 Å². The van der Waals surface area contributed by atoms with Crippen LogP contribution in [-0.4, -0.2) is 34.6 Å². The molecule has 2 aromatic carbocycles. The zero-order valence-electron chi connectivity index (χ0n) is 17.8. The lowest BCUT2D eigenvalue weighted by molar-refractivity contribution is -0.138. The van der Waals surface area contributed by atoms with Crippen molar-refractivity contribution in [3.05, 3.63) is 68.7 Å². The number of benzene rings is 2. The molecule has 0 aromatic heterocycles. The van der Waals surface area contributed by atoms with Crippen molar-refractivity contribution in [2.75, 3.05) is 5.75 Å². The number of nitrogens with zero attached hydrogens (tertiary/aromatic N) is 1. The second-order valence-corrected chi connectivity index (χ2v) is 9.64. The second-order valence-electron chi connectivity index (χ2n) is 7.37. The molecule has 4 nitrogen and oxygen atoms in total. The molecule has 0 saturated heterocycles. The molecule has 0 aliphatic heterocycles. The van der Waals surface area contributed by atoms with Crippen LogP contribution >= 0.6 is 46.6 Å². The smallest absolute Gasteiger partial charge is 0.242 e. The van der Waals surface area contributed by atoms with Crippen LogP contribution in [0.15, 0.2) is 42.5 Å². The van der Waals surface area contributed by atoms with Gasteiger partial charge in [-0.1, -0.05) is 59.9 Å². The van der Waals surface area contributed by atoms with Gasteiger partial charge in [0.1, 0.15) is 6.04 Å². The fourth-order valence-electron chi connectivity index (χ4n) is 2.80. The summed E-state index contributed by atoms with van der Waals surface area (Å²) in [5, 5.41) is 4.74. The number of carbonyl (C=O) groups excluding carboxylic acids is 2. The molecule has 0 fully saturated rings. The van der Waals surface area contributed by atoms with Gasteiger partial charge in [-0.15, -0.1) is 11.8 Å². The molecule has 2 aromatic rings. The Morgan fingerprint density at radius 1 is 1.03 bits per heavy atom. The van der Waals surface area contributed by atoms with E-state index in [4.69, 9.17) is 34.8 Å². The van der Waals surface area contributed by atoms with Crippen molar-refractivity contribution in [2.45, 2.75) is 51.6 Å². The van der Waals surface area contributed by atoms with Crippen LogP contribution in [0.2, 0.25) is 15.1 Å². The molecule has 2 rings (SSSR count). The Hall–Kier alpha value is -1.40. The number of carbonyl (C=O) groups is 2. The highest BCUT2D eigenvalue weighted by Gasteiger charge is 2.26. The van der Waals surface area contributed by atoms with Crippen LogP contribution in [-0.2, 0) is 21.9 Å². The Balaban J connectivity index is 2.08. The fraction of sp³-hybridized carbons (Fsp3) is 0.391. The third-order valence-electron chi connectivity index (χ3n) is 4.93. The van der Waals surface area contributed by atoms with E-state index in [1.165, 1.54) is 11.8 Å². The SMILES string of the molecule is CC[C@@H](C)NC(=O)[C@H](C)N(Cc1ccc(Cl)cc1)C(=O)CSCc1ccc(Cl)cc1Cl. The van der Waals surface area contributed by atoms with E-state index in [0.717, 1.165) is 17.5 Å². The molecule has 0 aliphatic carbocycles. The molecule has 2 atom stereocenters. The van der Waals surface area contributed by atoms with Gasteiger partial charge in [-0.25, -0.2) is 0 Å². The summed E-state index contributed by atoms with van der Waals surface area (Å²) in [4.78, 5) is 27.4. The monoisotopic (exact) mass is 500 g/mol. The van der Waals surface area contributed by atoms with Crippen molar-refractivity contribution >= 4 is 58.4 Å². The minimum absolute atomic E-state index is 0.0452. The van der Waals surface area contributed by atoms with E-state index < -0.39 is 6.04 Å². The Morgan fingerprint density at radius 2 is 1.68 bits per heavy atom. The van der Waals surface area contributed by atoms with E-state index in [0.29, 0.717) is 27.4 Å². The van der Waals surface area contributed by atoms with Gasteiger partial charge in [0.2, 0.25) is 11.8 Å². The number of thioether (sulfide) groups is 1. The van der Waals surface area contributed by atoms with Crippen LogP contribution in [0.3, 0.4) is 0 Å². The third kappa shape index (κ3) is 8.23. The lowest BCUT2D eigenvalue weighted by Crippen LogP contribution is -2.50. The van der Waals surface area contributed by atoms with Gasteiger partial charge in [0.05, 0.1) is 5.75 Å². The summed E-state index contributed by atoms with van der Waals surface area (Å²) in [6.07, 6.45) is 0.821. The van der Waals surface area contributed by atoms with Crippen LogP contribution in [0.25, 0.3) is 0 Å². The van der Waals surface area contributed by atoms with Gasteiger partial charge in [0.25, 0.3) is 0 Å². The van der Waals surface area contributed by atoms with Crippen LogP contribution in [0.1, 0.15) is 38.3 Å². The predicted molar refractivity (Wildman–Crippen MR) is 132 cm³/mol. The van der Waals surface area contributed by atoms with Crippen molar-refractivity contribution in [3.63, 3.8) is 0 Å². The first-order valence-electron chi connectivity index (χ1n) is 10.1. The zero-order valence-corrected chi connectivity index (χ0v) is 20.9. The minimum Gasteiger partial charge on any atom is -0.352 e. The lowest BCUT2D eigenvalue weighted by atomic mass is 10.1. The molecular weight excluding hydrogens is 475 g/mol. The van der Waals surface area contributed by atoms with Gasteiger partial charge in [0.15, 0.2) is 0 Å². The number of hydrogen-bond acceptors (Lipinski definition) is 3. The van der Waals surface area contributed by atoms with Gasteiger partial charge in [0, 0.05) is 33.4 Å². The van der Waals surface area contributed by atoms with Crippen LogP contribution in [0.4, 0.5) is 0 Å². The second kappa shape index (κ2) is 12.6. The van der Waals surface area contributed by atoms with Crippen LogP contribution < -0.4 is 5.32 Å². The minimum atomic E-state index is -0.600. The van der Waals surface area contributed by atoms with Gasteiger partial charge >= 0.3 is 0 Å². The van der Waals surface area contributed by atoms with Gasteiger partial charge in [-0.05, 0) is 55.7 Å². The molecule has 8 heteroatoms. The summed E-state index contributed by atoms with van der Waals surface area (Å²) >= 11 is 19.6. The average Bonchev–Trinajstić information content (AvgIpc) is 2.74. The van der Waals surface area contributed by atoms with E-state index in [1.54, 1.807) is 36.1 Å². The van der Waals surface area contributed by atoms with Gasteiger partial charge in [-0.2, -0.15) is 0 Å². The van der Waals surface area contributed by atoms with Crippen LogP contribution in [0, 0.1) is 0 Å². The molecule has 168 valence electrons. The molecule has 0 spiro atoms. The maximum Gasteiger partial charge on any atom is 0.242 e. The zero-order chi connectivity index (χ0) is 23.0. The Labute approximate surface area is 203 Å². The Morgan fingerprint density at radius 3 is 2.29 bits per heavy atom. The average molecular weight is 502 g/mol. The number of rotatable bonds is 10.